The molecular weight excluding hydrogens is 122 g/mol. The van der Waals surface area contributed by atoms with Crippen LogP contribution in [0.25, 0.3) is 13.2 Å². The maximum absolute atomic E-state index is 10.5. The van der Waals surface area contributed by atoms with Gasteiger partial charge in [-0.3, -0.25) is 9.17 Å². The minimum Gasteiger partial charge on any atom is -0.277 e. The fraction of sp³-hybridized carbons (Fsp3) is 0. The summed E-state index contributed by atoms with van der Waals surface area (Å²) >= 11 is 1.22. The molecule has 0 aliphatic carbocycles. The first-order valence-corrected chi connectivity index (χ1v) is 2.89. The zero-order valence-corrected chi connectivity index (χ0v) is 5.05. The zero-order chi connectivity index (χ0) is 6.15. The molecule has 1 N–H and O–H groups in total. The van der Waals surface area contributed by atoms with E-state index in [1.807, 2.05) is 0 Å². The van der Waals surface area contributed by atoms with Crippen LogP contribution < -0.4 is 15.3 Å². The predicted octanol–water partition coefficient (Wildman–Crippen LogP) is -0.743. The third kappa shape index (κ3) is 0.607. The highest BCUT2D eigenvalue weighted by atomic mass is 32.1. The summed E-state index contributed by atoms with van der Waals surface area (Å²) in [5.41, 5.74) is -0.125. The van der Waals surface area contributed by atoms with Crippen LogP contribution in [0.4, 0.5) is 0 Å². The molecule has 2 nitrogen and oxygen atoms in total. The van der Waals surface area contributed by atoms with Gasteiger partial charge in [-0.1, -0.05) is 24.7 Å². The van der Waals surface area contributed by atoms with E-state index in [4.69, 9.17) is 0 Å². The fourth-order valence-corrected chi connectivity index (χ4v) is 0.913. The average Bonchev–Trinajstić information content (AvgIpc) is 1.98. The molecule has 1 aromatic heterocycles. The summed E-state index contributed by atoms with van der Waals surface area (Å²) in [4.78, 5) is 10.5. The number of hydrogen-bond donors (Lipinski definition) is 1. The number of aromatic nitrogens is 1. The summed E-state index contributed by atoms with van der Waals surface area (Å²) in [5, 5.41) is 0.481. The molecule has 1 aromatic rings. The Morgan fingerprint density at radius 2 is 2.12 bits per heavy atom. The number of aromatic amines is 1. The van der Waals surface area contributed by atoms with Crippen molar-refractivity contribution >= 4 is 24.7 Å². The third-order valence-corrected chi connectivity index (χ3v) is 1.66. The average molecular weight is 127 g/mol. The topological polar surface area (TPSA) is 32.9 Å². The smallest absolute Gasteiger partial charge is 0.265 e. The molecule has 0 aliphatic heterocycles. The summed E-state index contributed by atoms with van der Waals surface area (Å²) in [5.74, 6) is 0. The molecule has 0 spiro atoms. The second kappa shape index (κ2) is 1.59. The number of nitrogens with one attached hydrogen (secondary N) is 1. The summed E-state index contributed by atoms with van der Waals surface area (Å²) < 4.78 is 3.22. The number of hydrogen-bond acceptors (Lipinski definition) is 2. The SMILES string of the molecule is C=c1s[nH]c(=O)c1=C. The maximum atomic E-state index is 10.5. The fourth-order valence-electron chi connectivity index (χ4n) is 0.358. The summed E-state index contributed by atoms with van der Waals surface area (Å²) in [7, 11) is 0. The molecule has 3 heteroatoms. The van der Waals surface area contributed by atoms with Crippen molar-refractivity contribution in [2.75, 3.05) is 0 Å². The largest absolute Gasteiger partial charge is 0.277 e. The molecule has 0 radical (unpaired) electrons. The predicted molar refractivity (Wildman–Crippen MR) is 35.2 cm³/mol. The van der Waals surface area contributed by atoms with E-state index < -0.39 is 0 Å². The van der Waals surface area contributed by atoms with E-state index in [1.54, 1.807) is 0 Å². The van der Waals surface area contributed by atoms with Gasteiger partial charge in [0.1, 0.15) is 0 Å². The molecule has 0 fully saturated rings. The Morgan fingerprint density at radius 3 is 2.25 bits per heavy atom. The molecule has 0 bridgehead atoms. The molecule has 1 heterocycles. The van der Waals surface area contributed by atoms with Crippen LogP contribution in [0.2, 0.25) is 0 Å². The third-order valence-electron chi connectivity index (χ3n) is 0.878. The highest BCUT2D eigenvalue weighted by Crippen LogP contribution is 1.58. The van der Waals surface area contributed by atoms with Crippen molar-refractivity contribution < 1.29 is 0 Å². The Kier molecular flexibility index (Phi) is 1.06. The van der Waals surface area contributed by atoms with E-state index in [-0.39, 0.29) is 5.56 Å². The lowest BCUT2D eigenvalue weighted by Crippen LogP contribution is -2.29. The van der Waals surface area contributed by atoms with Gasteiger partial charge in [0.05, 0.1) is 5.22 Å². The van der Waals surface area contributed by atoms with Gasteiger partial charge >= 0.3 is 0 Å². The molecule has 0 saturated carbocycles. The van der Waals surface area contributed by atoms with E-state index in [2.05, 4.69) is 17.5 Å². The second-order valence-electron chi connectivity index (χ2n) is 1.43. The van der Waals surface area contributed by atoms with Crippen LogP contribution in [0.15, 0.2) is 4.79 Å². The molecule has 0 aliphatic rings. The molecule has 0 unspecified atom stereocenters. The van der Waals surface area contributed by atoms with E-state index in [0.29, 0.717) is 5.22 Å². The standard InChI is InChI=1S/C5H5NOS/c1-3-4(2)8-6-5(3)7/h1-2H2,(H,6,7). The molecule has 0 atom stereocenters. The van der Waals surface area contributed by atoms with Gasteiger partial charge in [0.15, 0.2) is 0 Å². The Morgan fingerprint density at radius 1 is 1.50 bits per heavy atom. The Balaban J connectivity index is 3.94. The second-order valence-corrected chi connectivity index (χ2v) is 2.34. The highest BCUT2D eigenvalue weighted by molar-refractivity contribution is 7.03. The van der Waals surface area contributed by atoms with Crippen molar-refractivity contribution in [2.24, 2.45) is 0 Å². The molecule has 0 aromatic carbocycles. The maximum Gasteiger partial charge on any atom is 0.265 e. The zero-order valence-electron chi connectivity index (χ0n) is 4.23. The lowest BCUT2D eigenvalue weighted by Gasteiger charge is -1.56. The Bertz CT molecular complexity index is 290. The van der Waals surface area contributed by atoms with Crippen LogP contribution in [0.3, 0.4) is 0 Å². The van der Waals surface area contributed by atoms with Gasteiger partial charge in [0.2, 0.25) is 0 Å². The quantitative estimate of drug-likeness (QED) is 0.489. The Labute approximate surface area is 49.9 Å². The van der Waals surface area contributed by atoms with Crippen molar-refractivity contribution in [1.82, 2.24) is 4.37 Å². The first kappa shape index (κ1) is 5.31. The van der Waals surface area contributed by atoms with Crippen LogP contribution in [-0.2, 0) is 0 Å². The number of rotatable bonds is 0. The molecule has 1 rings (SSSR count). The minimum atomic E-state index is -0.125. The van der Waals surface area contributed by atoms with Crippen LogP contribution in [0.1, 0.15) is 0 Å². The lowest BCUT2D eigenvalue weighted by molar-refractivity contribution is 1.39. The molecule has 42 valence electrons. The van der Waals surface area contributed by atoms with Gasteiger partial charge in [0.25, 0.3) is 5.56 Å². The first-order valence-electron chi connectivity index (χ1n) is 2.07. The van der Waals surface area contributed by atoms with E-state index in [0.717, 1.165) is 4.53 Å². The van der Waals surface area contributed by atoms with Crippen molar-refractivity contribution in [1.29, 1.82) is 0 Å². The van der Waals surface area contributed by atoms with Gasteiger partial charge in [-0.05, 0) is 0 Å². The van der Waals surface area contributed by atoms with Gasteiger partial charge in [-0.15, -0.1) is 0 Å². The highest BCUT2D eigenvalue weighted by Gasteiger charge is 1.85. The van der Waals surface area contributed by atoms with Crippen molar-refractivity contribution in [3.8, 4) is 0 Å². The summed E-state index contributed by atoms with van der Waals surface area (Å²) in [6.07, 6.45) is 0. The van der Waals surface area contributed by atoms with E-state index in [9.17, 15) is 4.79 Å². The molecule has 0 saturated heterocycles. The minimum absolute atomic E-state index is 0.125. The monoisotopic (exact) mass is 127 g/mol. The molecular formula is C5H5NOS. The van der Waals surface area contributed by atoms with Crippen LogP contribution in [0.5, 0.6) is 0 Å². The van der Waals surface area contributed by atoms with Crippen molar-refractivity contribution in [2.45, 2.75) is 0 Å². The van der Waals surface area contributed by atoms with Crippen LogP contribution in [0, 0.1) is 0 Å². The summed E-state index contributed by atoms with van der Waals surface area (Å²) in [6.45, 7) is 7.05. The van der Waals surface area contributed by atoms with Gasteiger partial charge in [0, 0.05) is 4.53 Å². The van der Waals surface area contributed by atoms with Gasteiger partial charge < -0.3 is 0 Å². The lowest BCUT2D eigenvalue weighted by atomic mass is 10.5. The van der Waals surface area contributed by atoms with Crippen LogP contribution >= 0.6 is 11.5 Å². The first-order chi connectivity index (χ1) is 3.72. The summed E-state index contributed by atoms with van der Waals surface area (Å²) in [6, 6.07) is 0. The normalized spacial score (nSPS) is 9.50. The van der Waals surface area contributed by atoms with E-state index in [1.165, 1.54) is 11.5 Å². The number of H-pyrrole nitrogens is 1. The van der Waals surface area contributed by atoms with Crippen molar-refractivity contribution in [3.63, 3.8) is 0 Å². The Hall–Kier alpha value is -0.830. The van der Waals surface area contributed by atoms with Gasteiger partial charge in [-0.25, -0.2) is 0 Å². The van der Waals surface area contributed by atoms with E-state index >= 15 is 0 Å². The molecule has 8 heavy (non-hydrogen) atoms. The van der Waals surface area contributed by atoms with Crippen molar-refractivity contribution in [3.05, 3.63) is 20.1 Å². The van der Waals surface area contributed by atoms with Gasteiger partial charge in [-0.2, -0.15) is 0 Å². The molecule has 0 amide bonds. The van der Waals surface area contributed by atoms with Crippen LogP contribution in [-0.4, -0.2) is 4.37 Å².